The number of nitrogens with zero attached hydrogens (tertiary/aromatic N) is 4. The minimum Gasteiger partial charge on any atom is -0.508 e. The van der Waals surface area contributed by atoms with Gasteiger partial charge in [0.2, 0.25) is 0 Å². The number of benzene rings is 1. The fourth-order valence-electron chi connectivity index (χ4n) is 4.16. The highest BCUT2D eigenvalue weighted by Crippen LogP contribution is 2.34. The van der Waals surface area contributed by atoms with Crippen molar-refractivity contribution in [3.63, 3.8) is 0 Å². The predicted molar refractivity (Wildman–Crippen MR) is 127 cm³/mol. The molecular formula is C23H32N4O6S. The minimum atomic E-state index is -3.90. The van der Waals surface area contributed by atoms with Gasteiger partial charge in [-0.2, -0.15) is 18.6 Å². The van der Waals surface area contributed by atoms with Crippen LogP contribution < -0.4 is 0 Å². The Labute approximate surface area is 199 Å². The maximum Gasteiger partial charge on any atom is 0.264 e. The van der Waals surface area contributed by atoms with Crippen LogP contribution in [0.15, 0.2) is 30.6 Å². The molecule has 3 aromatic rings. The Morgan fingerprint density at radius 3 is 2.88 bits per heavy atom. The first kappa shape index (κ1) is 24.6. The van der Waals surface area contributed by atoms with Crippen molar-refractivity contribution < 1.29 is 27.6 Å². The summed E-state index contributed by atoms with van der Waals surface area (Å²) in [7, 11) is -3.90. The van der Waals surface area contributed by atoms with Crippen LogP contribution in [0.1, 0.15) is 57.7 Å². The molecule has 4 rings (SSSR count). The van der Waals surface area contributed by atoms with E-state index >= 15 is 0 Å². The van der Waals surface area contributed by atoms with Crippen molar-refractivity contribution in [3.05, 3.63) is 30.6 Å². The van der Waals surface area contributed by atoms with Crippen molar-refractivity contribution in [3.8, 4) is 17.0 Å². The zero-order valence-electron chi connectivity index (χ0n) is 19.3. The monoisotopic (exact) mass is 492 g/mol. The van der Waals surface area contributed by atoms with Crippen molar-refractivity contribution in [1.82, 2.24) is 19.6 Å². The molecule has 1 aliphatic rings. The van der Waals surface area contributed by atoms with Crippen LogP contribution in [0.5, 0.6) is 5.75 Å². The molecule has 0 saturated carbocycles. The van der Waals surface area contributed by atoms with Crippen LogP contribution in [0, 0.1) is 0 Å². The maximum atomic E-state index is 10.7. The van der Waals surface area contributed by atoms with Gasteiger partial charge in [0.15, 0.2) is 6.23 Å². The highest BCUT2D eigenvalue weighted by atomic mass is 32.2. The zero-order chi connectivity index (χ0) is 24.1. The summed E-state index contributed by atoms with van der Waals surface area (Å²) < 4.78 is 45.5. The number of phenolic OH excluding ortho intramolecular Hbond substituents is 1. The highest BCUT2D eigenvalue weighted by Gasteiger charge is 2.22. The molecule has 34 heavy (non-hydrogen) atoms. The second-order valence-electron chi connectivity index (χ2n) is 8.77. The van der Waals surface area contributed by atoms with E-state index in [0.717, 1.165) is 54.5 Å². The van der Waals surface area contributed by atoms with Crippen LogP contribution in [-0.2, 0) is 19.6 Å². The molecule has 2 aromatic heterocycles. The molecule has 1 unspecified atom stereocenters. The van der Waals surface area contributed by atoms with Crippen molar-refractivity contribution in [2.75, 3.05) is 25.6 Å². The van der Waals surface area contributed by atoms with Crippen LogP contribution in [0.3, 0.4) is 0 Å². The molecule has 1 aromatic carbocycles. The lowest BCUT2D eigenvalue weighted by Crippen LogP contribution is -2.19. The topological polar surface area (TPSA) is 129 Å². The largest absolute Gasteiger partial charge is 0.508 e. The number of ether oxygens (including phenoxy) is 2. The molecule has 0 aliphatic carbocycles. The predicted octanol–water partition coefficient (Wildman–Crippen LogP) is 3.94. The Morgan fingerprint density at radius 2 is 2.12 bits per heavy atom. The summed E-state index contributed by atoms with van der Waals surface area (Å²) in [5.74, 6) is -0.0508. The zero-order valence-corrected chi connectivity index (χ0v) is 20.2. The number of aromatic nitrogens is 4. The van der Waals surface area contributed by atoms with Crippen LogP contribution in [-0.4, -0.2) is 63.2 Å². The van der Waals surface area contributed by atoms with E-state index in [1.165, 1.54) is 0 Å². The summed E-state index contributed by atoms with van der Waals surface area (Å²) in [6.07, 6.45) is 8.37. The van der Waals surface area contributed by atoms with Gasteiger partial charge in [0.1, 0.15) is 11.4 Å². The quantitative estimate of drug-likeness (QED) is 0.304. The van der Waals surface area contributed by atoms with Crippen molar-refractivity contribution in [2.24, 2.45) is 0 Å². The average Bonchev–Trinajstić information content (AvgIpc) is 3.43. The van der Waals surface area contributed by atoms with E-state index < -0.39 is 10.1 Å². The first-order valence-electron chi connectivity index (χ1n) is 11.7. The maximum absolute atomic E-state index is 10.7. The molecule has 3 heterocycles. The fourth-order valence-corrected chi connectivity index (χ4v) is 4.73. The van der Waals surface area contributed by atoms with Gasteiger partial charge in [0.25, 0.3) is 10.1 Å². The van der Waals surface area contributed by atoms with Crippen molar-refractivity contribution in [1.29, 1.82) is 0 Å². The normalized spacial score (nSPS) is 17.9. The molecule has 1 saturated heterocycles. The SMILES string of the molecule is C[C@H](CCOCCCCS(=O)(=O)O)n1cc(-c2nn(C3CCCCO3)c3ccc(O)cc23)cn1. The van der Waals surface area contributed by atoms with Crippen molar-refractivity contribution >= 4 is 21.0 Å². The lowest BCUT2D eigenvalue weighted by molar-refractivity contribution is -0.0365. The van der Waals surface area contributed by atoms with E-state index in [4.69, 9.17) is 19.1 Å². The third-order valence-corrected chi connectivity index (χ3v) is 6.87. The summed E-state index contributed by atoms with van der Waals surface area (Å²) in [5, 5.41) is 20.3. The Balaban J connectivity index is 1.40. The number of aromatic hydroxyl groups is 1. The van der Waals surface area contributed by atoms with Gasteiger partial charge in [-0.1, -0.05) is 0 Å². The summed E-state index contributed by atoms with van der Waals surface area (Å²) in [5.41, 5.74) is 2.54. The van der Waals surface area contributed by atoms with E-state index in [0.29, 0.717) is 26.1 Å². The summed E-state index contributed by atoms with van der Waals surface area (Å²) in [6, 6.07) is 5.36. The first-order chi connectivity index (χ1) is 16.3. The number of fused-ring (bicyclic) bond motifs is 1. The molecule has 2 N–H and O–H groups in total. The van der Waals surface area contributed by atoms with Gasteiger partial charge in [-0.05, 0) is 63.6 Å². The molecule has 186 valence electrons. The molecular weight excluding hydrogens is 460 g/mol. The number of hydrogen-bond donors (Lipinski definition) is 2. The summed E-state index contributed by atoms with van der Waals surface area (Å²) in [6.45, 7) is 3.74. The summed E-state index contributed by atoms with van der Waals surface area (Å²) in [4.78, 5) is 0. The van der Waals surface area contributed by atoms with Crippen LogP contribution in [0.2, 0.25) is 0 Å². The molecule has 1 fully saturated rings. The van der Waals surface area contributed by atoms with E-state index in [-0.39, 0.29) is 23.8 Å². The van der Waals surface area contributed by atoms with Gasteiger partial charge in [-0.15, -0.1) is 0 Å². The van der Waals surface area contributed by atoms with Crippen LogP contribution in [0.4, 0.5) is 0 Å². The lowest BCUT2D eigenvalue weighted by atomic mass is 10.1. The second kappa shape index (κ2) is 10.9. The Hall–Kier alpha value is -2.47. The minimum absolute atomic E-state index is 0.0926. The summed E-state index contributed by atoms with van der Waals surface area (Å²) >= 11 is 0. The average molecular weight is 493 g/mol. The van der Waals surface area contributed by atoms with Crippen LogP contribution >= 0.6 is 0 Å². The molecule has 0 radical (unpaired) electrons. The first-order valence-corrected chi connectivity index (χ1v) is 13.3. The molecule has 0 spiro atoms. The Bertz CT molecular complexity index is 1200. The highest BCUT2D eigenvalue weighted by molar-refractivity contribution is 7.85. The Morgan fingerprint density at radius 1 is 1.26 bits per heavy atom. The number of rotatable bonds is 11. The molecule has 10 nitrogen and oxygen atoms in total. The van der Waals surface area contributed by atoms with E-state index in [9.17, 15) is 13.5 Å². The van der Waals surface area contributed by atoms with Gasteiger partial charge >= 0.3 is 0 Å². The lowest BCUT2D eigenvalue weighted by Gasteiger charge is -2.23. The molecule has 11 heteroatoms. The van der Waals surface area contributed by atoms with Gasteiger partial charge in [-0.3, -0.25) is 9.23 Å². The molecule has 0 bridgehead atoms. The number of hydrogen-bond acceptors (Lipinski definition) is 7. The van der Waals surface area contributed by atoms with E-state index in [1.54, 1.807) is 18.3 Å². The molecule has 2 atom stereocenters. The third-order valence-electron chi connectivity index (χ3n) is 6.07. The van der Waals surface area contributed by atoms with Gasteiger partial charge in [0.05, 0.1) is 23.5 Å². The van der Waals surface area contributed by atoms with Crippen LogP contribution in [0.25, 0.3) is 22.2 Å². The van der Waals surface area contributed by atoms with Gasteiger partial charge in [-0.25, -0.2) is 4.68 Å². The second-order valence-corrected chi connectivity index (χ2v) is 10.3. The standard InChI is InChI=1S/C23H32N4O6S/c1-17(9-12-32-10-4-5-13-34(29,30)31)26-16-18(15-24-26)23-20-14-19(28)7-8-21(20)27(25-23)22-6-2-3-11-33-22/h7-8,14-17,22,28H,2-6,9-13H2,1H3,(H,29,30,31)/t17-,22?/m1/s1. The Kier molecular flexibility index (Phi) is 7.87. The van der Waals surface area contributed by atoms with E-state index in [1.807, 2.05) is 21.6 Å². The molecule has 1 aliphatic heterocycles. The van der Waals surface area contributed by atoms with Crippen molar-refractivity contribution in [2.45, 2.75) is 57.7 Å². The smallest absolute Gasteiger partial charge is 0.264 e. The molecule has 0 amide bonds. The fraction of sp³-hybridized carbons (Fsp3) is 0.565. The van der Waals surface area contributed by atoms with Gasteiger partial charge < -0.3 is 14.6 Å². The number of phenols is 1. The van der Waals surface area contributed by atoms with Gasteiger partial charge in [0, 0.05) is 37.0 Å². The van der Waals surface area contributed by atoms with E-state index in [2.05, 4.69) is 12.0 Å². The third kappa shape index (κ3) is 6.15. The number of unbranched alkanes of at least 4 members (excludes halogenated alkanes) is 1.